The number of carbonyl (C=O) groups excluding carboxylic acids is 2. The van der Waals surface area contributed by atoms with Crippen molar-refractivity contribution in [3.63, 3.8) is 0 Å². The smallest absolute Gasteiger partial charge is 0.264 e. The molecule has 1 N–H and O–H groups in total. The average Bonchev–Trinajstić information content (AvgIpc) is 2.90. The summed E-state index contributed by atoms with van der Waals surface area (Å²) < 4.78 is 42.3. The van der Waals surface area contributed by atoms with Crippen LogP contribution in [-0.4, -0.2) is 44.8 Å². The van der Waals surface area contributed by atoms with Crippen LogP contribution < -0.4 is 9.62 Å². The number of likely N-dealkylation sites (N-methyl/N-ethyl adjacent to an activating group) is 1. The molecule has 0 saturated heterocycles. The summed E-state index contributed by atoms with van der Waals surface area (Å²) in [4.78, 5) is 27.6. The summed E-state index contributed by atoms with van der Waals surface area (Å²) in [6.45, 7) is 4.82. The number of amides is 2. The molecular formula is C28H32FN3O4S. The first kappa shape index (κ1) is 27.9. The first-order valence-electron chi connectivity index (χ1n) is 12.0. The van der Waals surface area contributed by atoms with E-state index in [4.69, 9.17) is 0 Å². The Balaban J connectivity index is 2.06. The van der Waals surface area contributed by atoms with Gasteiger partial charge >= 0.3 is 0 Å². The van der Waals surface area contributed by atoms with E-state index in [-0.39, 0.29) is 11.4 Å². The third kappa shape index (κ3) is 6.54. The minimum absolute atomic E-state index is 0.00153. The SMILES string of the molecule is CCc1ccccc1N(CC(=O)N(Cc1ccc(F)cc1)[C@@H](C)C(=O)NC)S(=O)(=O)c1ccc(C)cc1. The molecule has 0 heterocycles. The zero-order valence-electron chi connectivity index (χ0n) is 21.4. The summed E-state index contributed by atoms with van der Waals surface area (Å²) >= 11 is 0. The zero-order valence-corrected chi connectivity index (χ0v) is 22.3. The van der Waals surface area contributed by atoms with Gasteiger partial charge in [-0.3, -0.25) is 13.9 Å². The van der Waals surface area contributed by atoms with Gasteiger partial charge in [0, 0.05) is 13.6 Å². The highest BCUT2D eigenvalue weighted by Crippen LogP contribution is 2.28. The van der Waals surface area contributed by atoms with Crippen LogP contribution in [0.2, 0.25) is 0 Å². The maximum Gasteiger partial charge on any atom is 0.264 e. The molecule has 9 heteroatoms. The van der Waals surface area contributed by atoms with Crippen LogP contribution in [-0.2, 0) is 32.6 Å². The van der Waals surface area contributed by atoms with E-state index < -0.39 is 40.2 Å². The maximum atomic E-state index is 13.9. The fourth-order valence-corrected chi connectivity index (χ4v) is 5.43. The predicted molar refractivity (Wildman–Crippen MR) is 142 cm³/mol. The number of halogens is 1. The van der Waals surface area contributed by atoms with Crippen molar-refractivity contribution in [3.05, 3.63) is 95.3 Å². The van der Waals surface area contributed by atoms with Gasteiger partial charge in [-0.1, -0.05) is 55.0 Å². The molecule has 0 fully saturated rings. The van der Waals surface area contributed by atoms with Gasteiger partial charge in [-0.25, -0.2) is 12.8 Å². The molecule has 7 nitrogen and oxygen atoms in total. The van der Waals surface area contributed by atoms with Crippen molar-refractivity contribution in [1.29, 1.82) is 0 Å². The second-order valence-electron chi connectivity index (χ2n) is 8.75. The molecule has 0 aromatic heterocycles. The summed E-state index contributed by atoms with van der Waals surface area (Å²) in [6, 6.07) is 18.2. The number of hydrogen-bond donors (Lipinski definition) is 1. The Hall–Kier alpha value is -3.72. The number of carbonyl (C=O) groups is 2. The Morgan fingerprint density at radius 3 is 2.19 bits per heavy atom. The quantitative estimate of drug-likeness (QED) is 0.433. The molecular weight excluding hydrogens is 493 g/mol. The number of hydrogen-bond acceptors (Lipinski definition) is 4. The molecule has 0 radical (unpaired) electrons. The molecule has 3 rings (SSSR count). The van der Waals surface area contributed by atoms with Crippen LogP contribution in [0.4, 0.5) is 10.1 Å². The third-order valence-corrected chi connectivity index (χ3v) is 7.98. The van der Waals surface area contributed by atoms with Gasteiger partial charge < -0.3 is 10.2 Å². The minimum atomic E-state index is -4.13. The van der Waals surface area contributed by atoms with Gasteiger partial charge in [-0.2, -0.15) is 0 Å². The Labute approximate surface area is 218 Å². The number of nitrogens with zero attached hydrogens (tertiary/aromatic N) is 2. The second-order valence-corrected chi connectivity index (χ2v) is 10.6. The van der Waals surface area contributed by atoms with Crippen LogP contribution in [0.5, 0.6) is 0 Å². The number of rotatable bonds is 10. The highest BCUT2D eigenvalue weighted by molar-refractivity contribution is 7.92. The molecule has 37 heavy (non-hydrogen) atoms. The van der Waals surface area contributed by atoms with Gasteiger partial charge in [0.25, 0.3) is 10.0 Å². The van der Waals surface area contributed by atoms with Crippen molar-refractivity contribution >= 4 is 27.5 Å². The number of nitrogens with one attached hydrogen (secondary N) is 1. The molecule has 196 valence electrons. The third-order valence-electron chi connectivity index (χ3n) is 6.21. The Morgan fingerprint density at radius 2 is 1.59 bits per heavy atom. The fourth-order valence-electron chi connectivity index (χ4n) is 3.98. The summed E-state index contributed by atoms with van der Waals surface area (Å²) in [5.41, 5.74) is 2.66. The van der Waals surface area contributed by atoms with E-state index in [1.54, 1.807) is 31.2 Å². The lowest BCUT2D eigenvalue weighted by atomic mass is 10.1. The van der Waals surface area contributed by atoms with Crippen LogP contribution in [0.25, 0.3) is 0 Å². The highest BCUT2D eigenvalue weighted by Gasteiger charge is 2.33. The van der Waals surface area contributed by atoms with E-state index in [1.807, 2.05) is 26.0 Å². The van der Waals surface area contributed by atoms with E-state index in [1.165, 1.54) is 48.3 Å². The van der Waals surface area contributed by atoms with Crippen molar-refractivity contribution in [2.45, 2.75) is 44.7 Å². The average molecular weight is 526 g/mol. The highest BCUT2D eigenvalue weighted by atomic mass is 32.2. The van der Waals surface area contributed by atoms with Gasteiger partial charge in [0.1, 0.15) is 18.4 Å². The summed E-state index contributed by atoms with van der Waals surface area (Å²) in [6.07, 6.45) is 0.554. The van der Waals surface area contributed by atoms with E-state index >= 15 is 0 Å². The molecule has 1 atom stereocenters. The van der Waals surface area contributed by atoms with Crippen molar-refractivity contribution in [2.24, 2.45) is 0 Å². The maximum absolute atomic E-state index is 13.9. The van der Waals surface area contributed by atoms with Crippen molar-refractivity contribution in [3.8, 4) is 0 Å². The summed E-state index contributed by atoms with van der Waals surface area (Å²) in [5, 5.41) is 2.53. The van der Waals surface area contributed by atoms with Gasteiger partial charge in [-0.15, -0.1) is 0 Å². The lowest BCUT2D eigenvalue weighted by molar-refractivity contribution is -0.139. The molecule has 0 aliphatic rings. The van der Waals surface area contributed by atoms with Gasteiger partial charge in [0.05, 0.1) is 10.6 Å². The largest absolute Gasteiger partial charge is 0.357 e. The van der Waals surface area contributed by atoms with Crippen LogP contribution in [0.3, 0.4) is 0 Å². The van der Waals surface area contributed by atoms with Gasteiger partial charge in [-0.05, 0) is 61.7 Å². The summed E-state index contributed by atoms with van der Waals surface area (Å²) in [7, 11) is -2.66. The van der Waals surface area contributed by atoms with E-state index in [2.05, 4.69) is 5.32 Å². The van der Waals surface area contributed by atoms with Crippen LogP contribution >= 0.6 is 0 Å². The molecule has 0 unspecified atom stereocenters. The number of benzene rings is 3. The Morgan fingerprint density at radius 1 is 0.973 bits per heavy atom. The predicted octanol–water partition coefficient (Wildman–Crippen LogP) is 4.06. The molecule has 2 amide bonds. The molecule has 0 bridgehead atoms. The van der Waals surface area contributed by atoms with Crippen LogP contribution in [0.1, 0.15) is 30.5 Å². The second kappa shape index (κ2) is 12.0. The summed E-state index contributed by atoms with van der Waals surface area (Å²) in [5.74, 6) is -1.40. The van der Waals surface area contributed by atoms with Crippen molar-refractivity contribution in [2.75, 3.05) is 17.9 Å². The lowest BCUT2D eigenvalue weighted by Gasteiger charge is -2.32. The number of sulfonamides is 1. The monoisotopic (exact) mass is 525 g/mol. The number of para-hydroxylation sites is 1. The molecule has 3 aromatic rings. The van der Waals surface area contributed by atoms with Gasteiger partial charge in [0.15, 0.2) is 0 Å². The number of aryl methyl sites for hydroxylation is 2. The molecule has 0 spiro atoms. The van der Waals surface area contributed by atoms with Gasteiger partial charge in [0.2, 0.25) is 11.8 Å². The molecule has 0 aliphatic carbocycles. The number of anilines is 1. The standard InChI is InChI=1S/C28H32FN3O4S/c1-5-23-8-6-7-9-26(23)32(37(35,36)25-16-10-20(2)11-17-25)19-27(33)31(21(3)28(34)30-4)18-22-12-14-24(29)15-13-22/h6-17,21H,5,18-19H2,1-4H3,(H,30,34)/t21-/m0/s1. The Kier molecular flexibility index (Phi) is 9.04. The van der Waals surface area contributed by atoms with E-state index in [0.29, 0.717) is 17.7 Å². The molecule has 0 saturated carbocycles. The fraction of sp³-hybridized carbons (Fsp3) is 0.286. The molecule has 0 aliphatic heterocycles. The lowest BCUT2D eigenvalue weighted by Crippen LogP contribution is -2.50. The minimum Gasteiger partial charge on any atom is -0.357 e. The first-order chi connectivity index (χ1) is 17.6. The molecule has 3 aromatic carbocycles. The van der Waals surface area contributed by atoms with Crippen LogP contribution in [0.15, 0.2) is 77.7 Å². The van der Waals surface area contributed by atoms with Crippen molar-refractivity contribution < 1.29 is 22.4 Å². The van der Waals surface area contributed by atoms with E-state index in [0.717, 1.165) is 15.4 Å². The topological polar surface area (TPSA) is 86.8 Å². The zero-order chi connectivity index (χ0) is 27.2. The normalized spacial score (nSPS) is 12.0. The van der Waals surface area contributed by atoms with E-state index in [9.17, 15) is 22.4 Å². The van der Waals surface area contributed by atoms with Crippen molar-refractivity contribution in [1.82, 2.24) is 10.2 Å². The van der Waals surface area contributed by atoms with Crippen LogP contribution in [0, 0.1) is 12.7 Å². The first-order valence-corrected chi connectivity index (χ1v) is 13.4. The Bertz CT molecular complexity index is 1340.